The third-order valence-electron chi connectivity index (χ3n) is 5.03. The zero-order valence-corrected chi connectivity index (χ0v) is 17.2. The number of nitro benzene ring substituents is 1. The summed E-state index contributed by atoms with van der Waals surface area (Å²) in [6.45, 7) is 7.12. The molecular formula is C22H25N3O5. The van der Waals surface area contributed by atoms with Gasteiger partial charge in [-0.3, -0.25) is 19.8 Å². The fourth-order valence-electron chi connectivity index (χ4n) is 3.53. The lowest BCUT2D eigenvalue weighted by Crippen LogP contribution is -2.48. The van der Waals surface area contributed by atoms with Crippen LogP contribution in [-0.4, -0.2) is 59.4 Å². The highest BCUT2D eigenvalue weighted by Gasteiger charge is 2.25. The molecule has 0 radical (unpaired) electrons. The van der Waals surface area contributed by atoms with Crippen molar-refractivity contribution in [3.05, 3.63) is 74.8 Å². The first-order valence-electron chi connectivity index (χ1n) is 9.91. The number of ether oxygens (including phenoxy) is 1. The van der Waals surface area contributed by atoms with Crippen LogP contribution in [0.25, 0.3) is 0 Å². The summed E-state index contributed by atoms with van der Waals surface area (Å²) < 4.78 is 4.93. The fraction of sp³-hybridized carbons (Fsp3) is 0.364. The molecule has 0 N–H and O–H groups in total. The van der Waals surface area contributed by atoms with E-state index in [1.54, 1.807) is 11.8 Å². The number of aryl methyl sites for hydroxylation is 1. The fourth-order valence-corrected chi connectivity index (χ4v) is 3.53. The van der Waals surface area contributed by atoms with Crippen molar-refractivity contribution in [2.75, 3.05) is 32.8 Å². The molecule has 1 aliphatic rings. The standard InChI is InChI=1S/C22H25N3O5/c1-3-30-22(27)19-12-18(13-20(14-19)25(28)29)21(26)24-9-7-23(8-10-24)15-17-6-4-5-16(2)11-17/h4-6,11-14H,3,7-10,15H2,1-2H3. The molecule has 8 nitrogen and oxygen atoms in total. The first-order valence-corrected chi connectivity index (χ1v) is 9.91. The summed E-state index contributed by atoms with van der Waals surface area (Å²) in [6, 6.07) is 12.0. The molecular weight excluding hydrogens is 386 g/mol. The third kappa shape index (κ3) is 5.21. The average molecular weight is 411 g/mol. The highest BCUT2D eigenvalue weighted by atomic mass is 16.6. The van der Waals surface area contributed by atoms with E-state index in [4.69, 9.17) is 4.74 Å². The van der Waals surface area contributed by atoms with Crippen LogP contribution in [0.4, 0.5) is 5.69 Å². The second-order valence-corrected chi connectivity index (χ2v) is 7.30. The lowest BCUT2D eigenvalue weighted by Gasteiger charge is -2.34. The molecule has 158 valence electrons. The number of esters is 1. The summed E-state index contributed by atoms with van der Waals surface area (Å²) in [5, 5.41) is 11.2. The van der Waals surface area contributed by atoms with E-state index in [0.717, 1.165) is 12.6 Å². The number of carbonyl (C=O) groups excluding carboxylic acids is 2. The Morgan fingerprint density at radius 3 is 2.40 bits per heavy atom. The predicted molar refractivity (Wildman–Crippen MR) is 111 cm³/mol. The van der Waals surface area contributed by atoms with Crippen LogP contribution in [0.15, 0.2) is 42.5 Å². The Hall–Kier alpha value is -3.26. The van der Waals surface area contributed by atoms with E-state index in [-0.39, 0.29) is 29.3 Å². The second-order valence-electron chi connectivity index (χ2n) is 7.30. The van der Waals surface area contributed by atoms with Gasteiger partial charge in [-0.05, 0) is 25.5 Å². The molecule has 0 aromatic heterocycles. The number of benzene rings is 2. The number of nitro groups is 1. The van der Waals surface area contributed by atoms with Crippen molar-refractivity contribution in [2.24, 2.45) is 0 Å². The number of hydrogen-bond donors (Lipinski definition) is 0. The maximum absolute atomic E-state index is 12.9. The highest BCUT2D eigenvalue weighted by molar-refractivity contribution is 5.99. The van der Waals surface area contributed by atoms with E-state index in [9.17, 15) is 19.7 Å². The summed E-state index contributed by atoms with van der Waals surface area (Å²) in [7, 11) is 0. The summed E-state index contributed by atoms with van der Waals surface area (Å²) in [4.78, 5) is 39.6. The molecule has 0 bridgehead atoms. The Labute approximate surface area is 175 Å². The number of hydrogen-bond acceptors (Lipinski definition) is 6. The van der Waals surface area contributed by atoms with Crippen molar-refractivity contribution < 1.29 is 19.2 Å². The Balaban J connectivity index is 1.69. The molecule has 1 saturated heterocycles. The molecule has 30 heavy (non-hydrogen) atoms. The van der Waals surface area contributed by atoms with Crippen molar-refractivity contribution in [2.45, 2.75) is 20.4 Å². The van der Waals surface area contributed by atoms with Gasteiger partial charge in [-0.15, -0.1) is 0 Å². The minimum Gasteiger partial charge on any atom is -0.462 e. The van der Waals surface area contributed by atoms with Gasteiger partial charge in [-0.25, -0.2) is 4.79 Å². The van der Waals surface area contributed by atoms with E-state index in [1.807, 2.05) is 6.07 Å². The van der Waals surface area contributed by atoms with Crippen molar-refractivity contribution in [3.63, 3.8) is 0 Å². The van der Waals surface area contributed by atoms with E-state index in [1.165, 1.54) is 23.3 Å². The minimum atomic E-state index is -0.682. The smallest absolute Gasteiger partial charge is 0.338 e. The maximum Gasteiger partial charge on any atom is 0.338 e. The van der Waals surface area contributed by atoms with Gasteiger partial charge in [0.15, 0.2) is 0 Å². The summed E-state index contributed by atoms with van der Waals surface area (Å²) >= 11 is 0. The van der Waals surface area contributed by atoms with E-state index in [2.05, 4.69) is 30.0 Å². The molecule has 2 aromatic carbocycles. The molecule has 0 spiro atoms. The number of amides is 1. The van der Waals surface area contributed by atoms with Crippen molar-refractivity contribution in [1.82, 2.24) is 9.80 Å². The van der Waals surface area contributed by atoms with Crippen LogP contribution in [0.2, 0.25) is 0 Å². The number of rotatable bonds is 6. The monoisotopic (exact) mass is 411 g/mol. The van der Waals surface area contributed by atoms with Crippen LogP contribution >= 0.6 is 0 Å². The lowest BCUT2D eigenvalue weighted by atomic mass is 10.1. The topological polar surface area (TPSA) is 93.0 Å². The van der Waals surface area contributed by atoms with Gasteiger partial charge in [-0.2, -0.15) is 0 Å². The van der Waals surface area contributed by atoms with Crippen LogP contribution in [-0.2, 0) is 11.3 Å². The van der Waals surface area contributed by atoms with Gasteiger partial charge in [0.25, 0.3) is 11.6 Å². The van der Waals surface area contributed by atoms with Crippen LogP contribution in [0.1, 0.15) is 38.8 Å². The first kappa shape index (κ1) is 21.4. The number of non-ortho nitro benzene ring substituents is 1. The number of carbonyl (C=O) groups is 2. The van der Waals surface area contributed by atoms with Crippen LogP contribution in [0.3, 0.4) is 0 Å². The maximum atomic E-state index is 12.9. The summed E-state index contributed by atoms with van der Waals surface area (Å²) in [5.74, 6) is -1.00. The molecule has 1 fully saturated rings. The molecule has 0 saturated carbocycles. The van der Waals surface area contributed by atoms with Crippen LogP contribution in [0.5, 0.6) is 0 Å². The van der Waals surface area contributed by atoms with Crippen molar-refractivity contribution >= 4 is 17.6 Å². The van der Waals surface area contributed by atoms with Crippen LogP contribution < -0.4 is 0 Å². The number of nitrogens with zero attached hydrogens (tertiary/aromatic N) is 3. The Morgan fingerprint density at radius 2 is 1.77 bits per heavy atom. The molecule has 1 heterocycles. The zero-order valence-electron chi connectivity index (χ0n) is 17.2. The predicted octanol–water partition coefficient (Wildman–Crippen LogP) is 3.04. The van der Waals surface area contributed by atoms with Gasteiger partial charge in [-0.1, -0.05) is 29.8 Å². The molecule has 1 aliphatic heterocycles. The molecule has 0 atom stereocenters. The Bertz CT molecular complexity index is 952. The largest absolute Gasteiger partial charge is 0.462 e. The average Bonchev–Trinajstić information content (AvgIpc) is 2.73. The normalized spacial score (nSPS) is 14.4. The molecule has 8 heteroatoms. The number of piperazine rings is 1. The van der Waals surface area contributed by atoms with E-state index >= 15 is 0 Å². The summed E-state index contributed by atoms with van der Waals surface area (Å²) in [5.41, 5.74) is 2.27. The Kier molecular flexibility index (Phi) is 6.79. The van der Waals surface area contributed by atoms with Gasteiger partial charge in [0.2, 0.25) is 0 Å². The molecule has 2 aromatic rings. The second kappa shape index (κ2) is 9.49. The van der Waals surface area contributed by atoms with Crippen LogP contribution in [0, 0.1) is 17.0 Å². The zero-order chi connectivity index (χ0) is 21.7. The van der Waals surface area contributed by atoms with Crippen molar-refractivity contribution in [1.29, 1.82) is 0 Å². The van der Waals surface area contributed by atoms with Gasteiger partial charge in [0.1, 0.15) is 0 Å². The molecule has 3 rings (SSSR count). The highest BCUT2D eigenvalue weighted by Crippen LogP contribution is 2.20. The third-order valence-corrected chi connectivity index (χ3v) is 5.03. The summed E-state index contributed by atoms with van der Waals surface area (Å²) in [6.07, 6.45) is 0. The molecule has 1 amide bonds. The Morgan fingerprint density at radius 1 is 1.07 bits per heavy atom. The van der Waals surface area contributed by atoms with Gasteiger partial charge < -0.3 is 9.64 Å². The SMILES string of the molecule is CCOC(=O)c1cc(C(=O)N2CCN(Cc3cccc(C)c3)CC2)cc([N+](=O)[O-])c1. The van der Waals surface area contributed by atoms with Gasteiger partial charge in [0.05, 0.1) is 17.1 Å². The lowest BCUT2D eigenvalue weighted by molar-refractivity contribution is -0.384. The van der Waals surface area contributed by atoms with Crippen molar-refractivity contribution in [3.8, 4) is 0 Å². The molecule has 0 unspecified atom stereocenters. The molecule has 0 aliphatic carbocycles. The van der Waals surface area contributed by atoms with Gasteiger partial charge in [0, 0.05) is 50.4 Å². The van der Waals surface area contributed by atoms with E-state index in [0.29, 0.717) is 26.2 Å². The first-order chi connectivity index (χ1) is 14.4. The van der Waals surface area contributed by atoms with E-state index < -0.39 is 10.9 Å². The minimum absolute atomic E-state index is 0.00693. The van der Waals surface area contributed by atoms with Gasteiger partial charge >= 0.3 is 5.97 Å². The quantitative estimate of drug-likeness (QED) is 0.412.